The maximum absolute atomic E-state index is 11.4. The average Bonchev–Trinajstić information content (AvgIpc) is 2.84. The molecule has 0 aliphatic rings. The maximum Gasteiger partial charge on any atom is 0.360 e. The van der Waals surface area contributed by atoms with E-state index >= 15 is 0 Å². The molecule has 0 spiro atoms. The number of hydrogen-bond acceptors (Lipinski definition) is 13. The summed E-state index contributed by atoms with van der Waals surface area (Å²) in [5.41, 5.74) is 4.40. The number of esters is 1. The van der Waals surface area contributed by atoms with Gasteiger partial charge in [0, 0.05) is 5.38 Å². The van der Waals surface area contributed by atoms with E-state index in [0.29, 0.717) is 12.5 Å². The molecule has 1 aromatic heterocycles. The largest absolute Gasteiger partial charge is 0.476 e. The number of nitrogen functional groups attached to an aromatic ring is 1. The Bertz CT molecular complexity index is 928. The van der Waals surface area contributed by atoms with E-state index < -0.39 is 50.1 Å². The molecule has 0 unspecified atom stereocenters. The lowest BCUT2D eigenvalue weighted by atomic mass is 10.2. The van der Waals surface area contributed by atoms with Crippen LogP contribution >= 0.6 is 11.3 Å². The van der Waals surface area contributed by atoms with E-state index in [1.165, 1.54) is 5.38 Å². The molecule has 0 bridgehead atoms. The molecular weight excluding hydrogens is 454 g/mol. The van der Waals surface area contributed by atoms with Gasteiger partial charge in [0.2, 0.25) is 12.3 Å². The number of nitrogens with two attached hydrogens (primary N) is 1. The molecule has 16 heteroatoms. The number of ether oxygens (including phenoxy) is 1. The average molecular weight is 476 g/mol. The predicted molar refractivity (Wildman–Crippen MR) is 103 cm³/mol. The zero-order valence-electron chi connectivity index (χ0n) is 16.1. The third-order valence-corrected chi connectivity index (χ3v) is 4.62. The predicted octanol–water partition coefficient (Wildman–Crippen LogP) is -0.205. The van der Waals surface area contributed by atoms with Crippen LogP contribution in [0.2, 0.25) is 0 Å². The molecule has 166 valence electrons. The van der Waals surface area contributed by atoms with E-state index in [4.69, 9.17) is 15.6 Å². The van der Waals surface area contributed by atoms with Crippen molar-refractivity contribution in [3.05, 3.63) is 11.1 Å². The van der Waals surface area contributed by atoms with Gasteiger partial charge < -0.3 is 20.4 Å². The number of thiazole rings is 1. The molecule has 1 heterocycles. The molecule has 1 rings (SSSR count). The van der Waals surface area contributed by atoms with Crippen molar-refractivity contribution in [2.75, 3.05) is 24.9 Å². The lowest BCUT2D eigenvalue weighted by Crippen LogP contribution is -2.26. The molecule has 0 radical (unpaired) electrons. The van der Waals surface area contributed by atoms with Crippen LogP contribution in [0.1, 0.15) is 26.5 Å². The van der Waals surface area contributed by atoms with Crippen LogP contribution in [0.5, 0.6) is 0 Å². The number of aliphatic carboxylic acids is 1. The van der Waals surface area contributed by atoms with Gasteiger partial charge in [0.25, 0.3) is 20.2 Å². The van der Waals surface area contributed by atoms with Crippen molar-refractivity contribution in [3.63, 3.8) is 0 Å². The van der Waals surface area contributed by atoms with Gasteiger partial charge in [0.15, 0.2) is 5.13 Å². The molecule has 0 aromatic carbocycles. The number of carboxylic acid groups (broad SMARTS) is 1. The Morgan fingerprint density at radius 3 is 2.03 bits per heavy atom. The molecular formula is C13H21N3O10S3. The zero-order valence-corrected chi connectivity index (χ0v) is 18.6. The quantitative estimate of drug-likeness (QED) is 0.299. The second kappa shape index (κ2) is 10.5. The van der Waals surface area contributed by atoms with Crippen LogP contribution in [0, 0.1) is 0 Å². The first-order valence-corrected chi connectivity index (χ1v) is 11.9. The maximum atomic E-state index is 11.4. The summed E-state index contributed by atoms with van der Waals surface area (Å²) in [6.07, 6.45) is 1.32. The number of carboxylic acids is 1. The lowest BCUT2D eigenvalue weighted by Gasteiger charge is -2.18. The molecule has 0 aliphatic heterocycles. The van der Waals surface area contributed by atoms with E-state index in [1.54, 1.807) is 20.8 Å². The molecule has 29 heavy (non-hydrogen) atoms. The van der Waals surface area contributed by atoms with Crippen LogP contribution in [-0.4, -0.2) is 69.3 Å². The van der Waals surface area contributed by atoms with Gasteiger partial charge in [0.1, 0.15) is 11.3 Å². The fourth-order valence-corrected chi connectivity index (χ4v) is 3.68. The Morgan fingerprint density at radius 1 is 1.21 bits per heavy atom. The fraction of sp³-hybridized carbons (Fsp3) is 0.538. The molecule has 0 amide bonds. The summed E-state index contributed by atoms with van der Waals surface area (Å²) in [6, 6.07) is 0. The van der Waals surface area contributed by atoms with Crippen LogP contribution in [-0.2, 0) is 43.0 Å². The van der Waals surface area contributed by atoms with Crippen molar-refractivity contribution < 1.29 is 44.7 Å². The second-order valence-electron chi connectivity index (χ2n) is 6.15. The number of hydrogen-bond donors (Lipinski definition) is 2. The number of nitrogens with zero attached hydrogens (tertiary/aromatic N) is 2. The van der Waals surface area contributed by atoms with E-state index in [2.05, 4.69) is 18.6 Å². The number of carbonyl (C=O) groups excluding carboxylic acids is 1. The van der Waals surface area contributed by atoms with Crippen LogP contribution in [0.4, 0.5) is 5.13 Å². The van der Waals surface area contributed by atoms with Crippen LogP contribution in [0.25, 0.3) is 0 Å². The van der Waals surface area contributed by atoms with Crippen molar-refractivity contribution in [1.29, 1.82) is 0 Å². The first-order chi connectivity index (χ1) is 12.9. The Morgan fingerprint density at radius 2 is 1.72 bits per heavy atom. The molecule has 0 saturated carbocycles. The SMILES string of the molecule is CC(C)(C)OC(=O)CON=C(C(=O)O)c1csc(N)n1.CS(=O)(=O)OS(C)(=O)=O. The topological polar surface area (TPSA) is 202 Å². The van der Waals surface area contributed by atoms with E-state index in [0.717, 1.165) is 11.3 Å². The third-order valence-electron chi connectivity index (χ3n) is 1.97. The Hall–Kier alpha value is -2.30. The highest BCUT2D eigenvalue weighted by Crippen LogP contribution is 2.12. The number of oxime groups is 1. The van der Waals surface area contributed by atoms with Crippen molar-refractivity contribution in [1.82, 2.24) is 4.98 Å². The highest BCUT2D eigenvalue weighted by atomic mass is 32.3. The van der Waals surface area contributed by atoms with Gasteiger partial charge in [-0.05, 0) is 20.8 Å². The molecule has 0 fully saturated rings. The molecule has 0 atom stereocenters. The Balaban J connectivity index is 0.000000734. The van der Waals surface area contributed by atoms with Gasteiger partial charge >= 0.3 is 11.9 Å². The zero-order chi connectivity index (χ0) is 23.0. The van der Waals surface area contributed by atoms with Crippen LogP contribution < -0.4 is 5.73 Å². The van der Waals surface area contributed by atoms with Gasteiger partial charge in [-0.1, -0.05) is 5.16 Å². The summed E-state index contributed by atoms with van der Waals surface area (Å²) >= 11 is 1.07. The summed E-state index contributed by atoms with van der Waals surface area (Å²) in [5, 5.41) is 14.0. The third kappa shape index (κ3) is 14.4. The summed E-state index contributed by atoms with van der Waals surface area (Å²) in [6.45, 7) is 4.62. The van der Waals surface area contributed by atoms with Gasteiger partial charge in [-0.15, -0.1) is 15.0 Å². The lowest BCUT2D eigenvalue weighted by molar-refractivity contribution is -0.160. The Labute approximate surface area is 171 Å². The molecule has 13 nitrogen and oxygen atoms in total. The first kappa shape index (κ1) is 26.7. The van der Waals surface area contributed by atoms with Crippen LogP contribution in [0.3, 0.4) is 0 Å². The van der Waals surface area contributed by atoms with Gasteiger partial charge in [-0.2, -0.15) is 16.8 Å². The number of aromatic nitrogens is 1. The molecule has 0 saturated heterocycles. The number of carbonyl (C=O) groups is 2. The first-order valence-electron chi connectivity index (χ1n) is 7.37. The van der Waals surface area contributed by atoms with Crippen molar-refractivity contribution in [2.24, 2.45) is 5.16 Å². The van der Waals surface area contributed by atoms with Crippen molar-refractivity contribution in [2.45, 2.75) is 26.4 Å². The summed E-state index contributed by atoms with van der Waals surface area (Å²) in [7, 11) is -7.74. The summed E-state index contributed by atoms with van der Waals surface area (Å²) in [4.78, 5) is 30.8. The molecule has 3 N–H and O–H groups in total. The fourth-order valence-electron chi connectivity index (χ4n) is 1.34. The smallest absolute Gasteiger partial charge is 0.360 e. The highest BCUT2D eigenvalue weighted by molar-refractivity contribution is 7.99. The van der Waals surface area contributed by atoms with Crippen molar-refractivity contribution >= 4 is 54.4 Å². The number of rotatable bonds is 7. The van der Waals surface area contributed by atoms with Crippen molar-refractivity contribution in [3.8, 4) is 0 Å². The normalized spacial score (nSPS) is 12.5. The molecule has 0 aliphatic carbocycles. The van der Waals surface area contributed by atoms with E-state index in [-0.39, 0.29) is 10.8 Å². The number of anilines is 1. The van der Waals surface area contributed by atoms with E-state index in [9.17, 15) is 26.4 Å². The van der Waals surface area contributed by atoms with Gasteiger partial charge in [0.05, 0.1) is 12.5 Å². The minimum Gasteiger partial charge on any atom is -0.476 e. The monoisotopic (exact) mass is 475 g/mol. The molecule has 1 aromatic rings. The van der Waals surface area contributed by atoms with Crippen LogP contribution in [0.15, 0.2) is 10.5 Å². The van der Waals surface area contributed by atoms with Gasteiger partial charge in [-0.3, -0.25) is 0 Å². The van der Waals surface area contributed by atoms with Gasteiger partial charge in [-0.25, -0.2) is 14.6 Å². The summed E-state index contributed by atoms with van der Waals surface area (Å²) < 4.78 is 48.7. The van der Waals surface area contributed by atoms with E-state index in [1.807, 2.05) is 0 Å². The minimum atomic E-state index is -3.87. The minimum absolute atomic E-state index is 0.0733. The standard InChI is InChI=1S/C11H15N3O5S.C2H6O5S2/c1-11(2,3)19-7(15)4-18-14-8(9(16)17)6-5-20-10(12)13-6;1-8(3,4)7-9(2,5)6/h5H,4H2,1-3H3,(H2,12,13)(H,16,17);1-2H3. The summed E-state index contributed by atoms with van der Waals surface area (Å²) in [5.74, 6) is -1.98. The highest BCUT2D eigenvalue weighted by Gasteiger charge is 2.19. The second-order valence-corrected chi connectivity index (χ2v) is 10.4. The Kier molecular flexibility index (Phi) is 9.64.